The molecule has 19 heavy (non-hydrogen) atoms. The molecule has 0 radical (unpaired) electrons. The van der Waals surface area contributed by atoms with Crippen molar-refractivity contribution in [1.82, 2.24) is 0 Å². The third-order valence-corrected chi connectivity index (χ3v) is 3.73. The van der Waals surface area contributed by atoms with Crippen LogP contribution in [0.3, 0.4) is 0 Å². The smallest absolute Gasteiger partial charge is 0.140 e. The van der Waals surface area contributed by atoms with Crippen molar-refractivity contribution < 1.29 is 9.53 Å². The number of Topliss-reactive ketones (excluding diaryl/α,β-unsaturated/α-hetero) is 1. The van der Waals surface area contributed by atoms with Crippen LogP contribution >= 0.6 is 0 Å². The topological polar surface area (TPSA) is 26.3 Å². The summed E-state index contributed by atoms with van der Waals surface area (Å²) >= 11 is 0. The number of ether oxygens (including phenoxy) is 1. The number of benzene rings is 1. The van der Waals surface area contributed by atoms with E-state index in [2.05, 4.69) is 13.5 Å². The standard InChI is InChI=1S/C17H24O2/c1-6-12-17(5,14(4)18)15-8-10-16(11-9-15)19-13(3)7-2/h6,8-11,13H,1,7,12H2,2-5H3. The van der Waals surface area contributed by atoms with E-state index in [-0.39, 0.29) is 11.9 Å². The Balaban J connectivity index is 2.96. The van der Waals surface area contributed by atoms with Crippen molar-refractivity contribution in [3.05, 3.63) is 42.5 Å². The lowest BCUT2D eigenvalue weighted by molar-refractivity contribution is -0.121. The second-order valence-electron chi connectivity index (χ2n) is 5.24. The summed E-state index contributed by atoms with van der Waals surface area (Å²) in [4.78, 5) is 11.9. The Kier molecular flexibility index (Phi) is 5.34. The molecule has 0 aliphatic rings. The summed E-state index contributed by atoms with van der Waals surface area (Å²) in [5.74, 6) is 1.01. The normalized spacial score (nSPS) is 15.4. The van der Waals surface area contributed by atoms with Gasteiger partial charge in [-0.25, -0.2) is 0 Å². The quantitative estimate of drug-likeness (QED) is 0.684. The summed E-state index contributed by atoms with van der Waals surface area (Å²) in [6.45, 7) is 11.5. The van der Waals surface area contributed by atoms with Crippen LogP contribution < -0.4 is 4.74 Å². The maximum Gasteiger partial charge on any atom is 0.140 e. The van der Waals surface area contributed by atoms with Gasteiger partial charge in [-0.3, -0.25) is 4.79 Å². The largest absolute Gasteiger partial charge is 0.491 e. The van der Waals surface area contributed by atoms with Crippen LogP contribution in [0.2, 0.25) is 0 Å². The van der Waals surface area contributed by atoms with Gasteiger partial charge >= 0.3 is 0 Å². The summed E-state index contributed by atoms with van der Waals surface area (Å²) < 4.78 is 5.75. The molecule has 0 heterocycles. The van der Waals surface area contributed by atoms with Gasteiger partial charge in [-0.2, -0.15) is 0 Å². The second-order valence-corrected chi connectivity index (χ2v) is 5.24. The van der Waals surface area contributed by atoms with Gasteiger partial charge in [0, 0.05) is 0 Å². The fourth-order valence-electron chi connectivity index (χ4n) is 1.97. The lowest BCUT2D eigenvalue weighted by Crippen LogP contribution is -2.29. The van der Waals surface area contributed by atoms with Crippen LogP contribution in [-0.2, 0) is 10.2 Å². The molecule has 1 aromatic carbocycles. The SMILES string of the molecule is C=CCC(C)(C(C)=O)c1ccc(OC(C)CC)cc1. The van der Waals surface area contributed by atoms with Crippen LogP contribution in [0.4, 0.5) is 0 Å². The zero-order chi connectivity index (χ0) is 14.5. The Hall–Kier alpha value is -1.57. The predicted octanol–water partition coefficient (Wildman–Crippen LogP) is 4.29. The summed E-state index contributed by atoms with van der Waals surface area (Å²) in [7, 11) is 0. The highest BCUT2D eigenvalue weighted by molar-refractivity contribution is 5.87. The molecular weight excluding hydrogens is 236 g/mol. The molecule has 1 rings (SSSR count). The lowest BCUT2D eigenvalue weighted by Gasteiger charge is -2.26. The number of carbonyl (C=O) groups is 1. The van der Waals surface area contributed by atoms with Gasteiger partial charge in [-0.05, 0) is 51.3 Å². The number of carbonyl (C=O) groups excluding carboxylic acids is 1. The monoisotopic (exact) mass is 260 g/mol. The summed E-state index contributed by atoms with van der Waals surface area (Å²) in [6, 6.07) is 7.82. The number of hydrogen-bond donors (Lipinski definition) is 0. The zero-order valence-corrected chi connectivity index (χ0v) is 12.4. The van der Waals surface area contributed by atoms with Gasteiger partial charge in [0.2, 0.25) is 0 Å². The first-order valence-electron chi connectivity index (χ1n) is 6.83. The minimum Gasteiger partial charge on any atom is -0.491 e. The van der Waals surface area contributed by atoms with Crippen molar-refractivity contribution in [3.8, 4) is 5.75 Å². The molecule has 0 aliphatic carbocycles. The minimum atomic E-state index is -0.489. The van der Waals surface area contributed by atoms with Gasteiger partial charge in [0.1, 0.15) is 11.5 Å². The van der Waals surface area contributed by atoms with E-state index in [0.717, 1.165) is 17.7 Å². The van der Waals surface area contributed by atoms with E-state index in [1.807, 2.05) is 38.1 Å². The molecule has 2 nitrogen and oxygen atoms in total. The Morgan fingerprint density at radius 2 is 2.00 bits per heavy atom. The Bertz CT molecular complexity index is 433. The van der Waals surface area contributed by atoms with Gasteiger partial charge in [0.15, 0.2) is 0 Å². The van der Waals surface area contributed by atoms with Crippen LogP contribution in [0.5, 0.6) is 5.75 Å². The molecule has 0 saturated heterocycles. The van der Waals surface area contributed by atoms with Crippen molar-refractivity contribution in [3.63, 3.8) is 0 Å². The Morgan fingerprint density at radius 3 is 2.42 bits per heavy atom. The fraction of sp³-hybridized carbons (Fsp3) is 0.471. The van der Waals surface area contributed by atoms with Crippen molar-refractivity contribution >= 4 is 5.78 Å². The molecule has 0 aliphatic heterocycles. The molecule has 2 unspecified atom stereocenters. The molecule has 0 fully saturated rings. The van der Waals surface area contributed by atoms with E-state index in [1.165, 1.54) is 0 Å². The van der Waals surface area contributed by atoms with Crippen molar-refractivity contribution in [2.75, 3.05) is 0 Å². The maximum atomic E-state index is 11.9. The van der Waals surface area contributed by atoms with Gasteiger partial charge in [-0.1, -0.05) is 25.1 Å². The number of ketones is 1. The third-order valence-electron chi connectivity index (χ3n) is 3.73. The van der Waals surface area contributed by atoms with E-state index < -0.39 is 5.41 Å². The van der Waals surface area contributed by atoms with Crippen molar-refractivity contribution in [2.45, 2.75) is 52.1 Å². The zero-order valence-electron chi connectivity index (χ0n) is 12.4. The Labute approximate surface area is 116 Å². The van der Waals surface area contributed by atoms with Gasteiger partial charge in [0.05, 0.1) is 11.5 Å². The molecule has 0 amide bonds. The predicted molar refractivity (Wildman–Crippen MR) is 79.7 cm³/mol. The van der Waals surface area contributed by atoms with Crippen LogP contribution in [0.15, 0.2) is 36.9 Å². The van der Waals surface area contributed by atoms with Crippen LogP contribution in [0, 0.1) is 0 Å². The maximum absolute atomic E-state index is 11.9. The highest BCUT2D eigenvalue weighted by Crippen LogP contribution is 2.30. The van der Waals surface area contributed by atoms with Gasteiger partial charge in [-0.15, -0.1) is 6.58 Å². The molecule has 1 aromatic rings. The van der Waals surface area contributed by atoms with Crippen LogP contribution in [-0.4, -0.2) is 11.9 Å². The number of rotatable bonds is 7. The van der Waals surface area contributed by atoms with Crippen molar-refractivity contribution in [1.29, 1.82) is 0 Å². The highest BCUT2D eigenvalue weighted by atomic mass is 16.5. The molecule has 2 atom stereocenters. The minimum absolute atomic E-state index is 0.156. The second kappa shape index (κ2) is 6.55. The first-order valence-corrected chi connectivity index (χ1v) is 6.83. The molecule has 0 aromatic heterocycles. The van der Waals surface area contributed by atoms with Gasteiger partial charge < -0.3 is 4.74 Å². The first kappa shape index (κ1) is 15.5. The van der Waals surface area contributed by atoms with E-state index in [9.17, 15) is 4.79 Å². The molecular formula is C17H24O2. The average Bonchev–Trinajstić information content (AvgIpc) is 2.39. The summed E-state index contributed by atoms with van der Waals surface area (Å²) in [5, 5.41) is 0. The fourth-order valence-corrected chi connectivity index (χ4v) is 1.97. The van der Waals surface area contributed by atoms with Gasteiger partial charge in [0.25, 0.3) is 0 Å². The highest BCUT2D eigenvalue weighted by Gasteiger charge is 2.30. The molecule has 0 spiro atoms. The first-order chi connectivity index (χ1) is 8.93. The molecule has 0 bridgehead atoms. The third kappa shape index (κ3) is 3.69. The average molecular weight is 260 g/mol. The number of hydrogen-bond acceptors (Lipinski definition) is 2. The summed E-state index contributed by atoms with van der Waals surface area (Å²) in [6.07, 6.45) is 3.63. The van der Waals surface area contributed by atoms with E-state index in [4.69, 9.17) is 4.74 Å². The van der Waals surface area contributed by atoms with Crippen LogP contribution in [0.25, 0.3) is 0 Å². The lowest BCUT2D eigenvalue weighted by atomic mass is 9.76. The molecule has 0 N–H and O–H groups in total. The van der Waals surface area contributed by atoms with E-state index >= 15 is 0 Å². The van der Waals surface area contributed by atoms with E-state index in [0.29, 0.717) is 6.42 Å². The summed E-state index contributed by atoms with van der Waals surface area (Å²) in [5.41, 5.74) is 0.521. The molecule has 2 heteroatoms. The van der Waals surface area contributed by atoms with E-state index in [1.54, 1.807) is 13.0 Å². The van der Waals surface area contributed by atoms with Crippen molar-refractivity contribution in [2.24, 2.45) is 0 Å². The number of allylic oxidation sites excluding steroid dienone is 1. The Morgan fingerprint density at radius 1 is 1.42 bits per heavy atom. The molecule has 0 saturated carbocycles. The molecule has 104 valence electrons. The van der Waals surface area contributed by atoms with Crippen LogP contribution in [0.1, 0.15) is 46.1 Å².